The van der Waals surface area contributed by atoms with Crippen LogP contribution >= 0.6 is 11.8 Å². The van der Waals surface area contributed by atoms with Gasteiger partial charge in [0.15, 0.2) is 11.0 Å². The number of aromatic amines is 1. The van der Waals surface area contributed by atoms with Crippen molar-refractivity contribution in [1.82, 2.24) is 15.2 Å². The second-order valence-electron chi connectivity index (χ2n) is 3.70. The minimum absolute atomic E-state index is 0.00561. The molecule has 20 heavy (non-hydrogen) atoms. The summed E-state index contributed by atoms with van der Waals surface area (Å²) in [6, 6.07) is 3.76. The maximum atomic E-state index is 10.9. The van der Waals surface area contributed by atoms with Crippen molar-refractivity contribution in [3.8, 4) is 17.1 Å². The van der Waals surface area contributed by atoms with E-state index < -0.39 is 11.9 Å². The van der Waals surface area contributed by atoms with Crippen molar-refractivity contribution in [3.05, 3.63) is 23.8 Å². The average molecular weight is 295 g/mol. The van der Waals surface area contributed by atoms with Crippen molar-refractivity contribution in [2.45, 2.75) is 5.16 Å². The number of aromatic hydroxyl groups is 1. The Kier molecular flexibility index (Phi) is 3.89. The van der Waals surface area contributed by atoms with Gasteiger partial charge in [-0.15, -0.1) is 10.2 Å². The van der Waals surface area contributed by atoms with Crippen LogP contribution in [0.1, 0.15) is 10.4 Å². The number of hydrogen-bond donors (Lipinski definition) is 4. The number of phenolic OH excluding ortho intramolecular Hbond substituents is 1. The lowest BCUT2D eigenvalue weighted by Crippen LogP contribution is -1.98. The van der Waals surface area contributed by atoms with Gasteiger partial charge in [0.25, 0.3) is 0 Å². The highest BCUT2D eigenvalue weighted by Crippen LogP contribution is 2.28. The van der Waals surface area contributed by atoms with Crippen LogP contribution in [-0.4, -0.2) is 48.2 Å². The number of carboxylic acid groups (broad SMARTS) is 2. The van der Waals surface area contributed by atoms with E-state index in [1.165, 1.54) is 18.2 Å². The number of rotatable bonds is 5. The van der Waals surface area contributed by atoms with Gasteiger partial charge in [0, 0.05) is 0 Å². The number of nitrogens with zero attached hydrogens (tertiary/aromatic N) is 2. The van der Waals surface area contributed by atoms with Crippen LogP contribution in [0.5, 0.6) is 5.75 Å². The minimum atomic E-state index is -1.13. The molecule has 0 saturated carbocycles. The molecule has 0 bridgehead atoms. The normalized spacial score (nSPS) is 10.4. The van der Waals surface area contributed by atoms with Crippen molar-refractivity contribution in [3.63, 3.8) is 0 Å². The first-order valence-electron chi connectivity index (χ1n) is 5.31. The Bertz CT molecular complexity index is 670. The summed E-state index contributed by atoms with van der Waals surface area (Å²) < 4.78 is 0. The Morgan fingerprint density at radius 2 is 2.00 bits per heavy atom. The smallest absolute Gasteiger partial charge is 0.335 e. The molecule has 0 aliphatic rings. The first-order chi connectivity index (χ1) is 9.47. The van der Waals surface area contributed by atoms with Crippen LogP contribution in [0, 0.1) is 0 Å². The van der Waals surface area contributed by atoms with E-state index in [2.05, 4.69) is 15.2 Å². The van der Waals surface area contributed by atoms with Gasteiger partial charge in [-0.05, 0) is 18.2 Å². The summed E-state index contributed by atoms with van der Waals surface area (Å²) in [4.78, 5) is 24.0. The number of aromatic carboxylic acids is 1. The van der Waals surface area contributed by atoms with Crippen LogP contribution < -0.4 is 0 Å². The second-order valence-corrected chi connectivity index (χ2v) is 4.66. The number of nitrogens with one attached hydrogen (secondary N) is 1. The number of aromatic nitrogens is 3. The van der Waals surface area contributed by atoms with E-state index in [4.69, 9.17) is 10.2 Å². The maximum Gasteiger partial charge on any atom is 0.335 e. The summed E-state index contributed by atoms with van der Waals surface area (Å²) in [5.41, 5.74) is 0.175. The quantitative estimate of drug-likeness (QED) is 0.601. The van der Waals surface area contributed by atoms with E-state index in [1.54, 1.807) is 0 Å². The molecule has 0 radical (unpaired) electrons. The van der Waals surface area contributed by atoms with Gasteiger partial charge in [-0.3, -0.25) is 4.79 Å². The van der Waals surface area contributed by atoms with E-state index in [1.807, 2.05) is 0 Å². The molecular weight excluding hydrogens is 286 g/mol. The Labute approximate surface area is 116 Å². The van der Waals surface area contributed by atoms with Crippen LogP contribution in [0.3, 0.4) is 0 Å². The molecule has 9 heteroatoms. The van der Waals surface area contributed by atoms with Crippen LogP contribution in [0.15, 0.2) is 23.4 Å². The summed E-state index contributed by atoms with van der Waals surface area (Å²) in [6.45, 7) is 0. The number of carboxylic acids is 2. The molecule has 0 aliphatic carbocycles. The topological polar surface area (TPSA) is 136 Å². The van der Waals surface area contributed by atoms with E-state index in [0.29, 0.717) is 0 Å². The molecule has 0 amide bonds. The van der Waals surface area contributed by atoms with E-state index in [9.17, 15) is 14.7 Å². The molecule has 0 fully saturated rings. The maximum absolute atomic E-state index is 10.9. The number of aliphatic carboxylic acids is 1. The highest BCUT2D eigenvalue weighted by Gasteiger charge is 2.14. The zero-order valence-corrected chi connectivity index (χ0v) is 10.7. The Hall–Kier alpha value is -2.55. The third kappa shape index (κ3) is 3.06. The third-order valence-electron chi connectivity index (χ3n) is 2.30. The Morgan fingerprint density at radius 1 is 1.25 bits per heavy atom. The van der Waals surface area contributed by atoms with Gasteiger partial charge in [0.2, 0.25) is 0 Å². The standard InChI is InChI=1S/C11H9N3O5S/c15-7-2-1-5(10(18)19)3-6(7)9-12-11(14-13-9)20-4-8(16)17/h1-3,15H,4H2,(H,16,17)(H,18,19)(H,12,13,14). The predicted molar refractivity (Wildman–Crippen MR) is 68.8 cm³/mol. The number of phenols is 1. The minimum Gasteiger partial charge on any atom is -0.507 e. The molecule has 1 aromatic heterocycles. The van der Waals surface area contributed by atoms with Crippen molar-refractivity contribution in [1.29, 1.82) is 0 Å². The molecule has 2 rings (SSSR count). The average Bonchev–Trinajstić information content (AvgIpc) is 2.85. The van der Waals surface area contributed by atoms with Gasteiger partial charge in [0.1, 0.15) is 5.75 Å². The van der Waals surface area contributed by atoms with Crippen LogP contribution in [-0.2, 0) is 4.79 Å². The van der Waals surface area contributed by atoms with Gasteiger partial charge in [-0.25, -0.2) is 4.79 Å². The summed E-state index contributed by atoms with van der Waals surface area (Å²) in [6.07, 6.45) is 0. The summed E-state index contributed by atoms with van der Waals surface area (Å²) in [5.74, 6) is -2.30. The summed E-state index contributed by atoms with van der Waals surface area (Å²) in [7, 11) is 0. The van der Waals surface area contributed by atoms with Crippen LogP contribution in [0.25, 0.3) is 11.4 Å². The molecule has 104 valence electrons. The van der Waals surface area contributed by atoms with E-state index in [0.717, 1.165) is 11.8 Å². The first-order valence-corrected chi connectivity index (χ1v) is 6.30. The van der Waals surface area contributed by atoms with Gasteiger partial charge in [-0.1, -0.05) is 11.8 Å². The third-order valence-corrected chi connectivity index (χ3v) is 3.15. The van der Waals surface area contributed by atoms with E-state index >= 15 is 0 Å². The molecule has 0 unspecified atom stereocenters. The van der Waals surface area contributed by atoms with Crippen LogP contribution in [0.2, 0.25) is 0 Å². The van der Waals surface area contributed by atoms with Crippen molar-refractivity contribution >= 4 is 23.7 Å². The molecule has 1 aromatic carbocycles. The highest BCUT2D eigenvalue weighted by atomic mass is 32.2. The molecule has 2 aromatic rings. The van der Waals surface area contributed by atoms with Gasteiger partial charge >= 0.3 is 11.9 Å². The SMILES string of the molecule is O=C(O)CSc1nnc(-c2cc(C(=O)O)ccc2O)[nH]1. The lowest BCUT2D eigenvalue weighted by molar-refractivity contribution is -0.133. The summed E-state index contributed by atoms with van der Waals surface area (Å²) in [5, 5.41) is 34.9. The number of benzene rings is 1. The second kappa shape index (κ2) is 5.61. The number of carbonyl (C=O) groups is 2. The molecule has 0 saturated heterocycles. The molecule has 0 atom stereocenters. The lowest BCUT2D eigenvalue weighted by atomic mass is 10.1. The van der Waals surface area contributed by atoms with Gasteiger partial charge in [-0.2, -0.15) is 0 Å². The summed E-state index contributed by atoms with van der Waals surface area (Å²) >= 11 is 0.934. The molecular formula is C11H9N3O5S. The molecule has 4 N–H and O–H groups in total. The number of H-pyrrole nitrogens is 1. The van der Waals surface area contributed by atoms with Crippen molar-refractivity contribution in [2.24, 2.45) is 0 Å². The fraction of sp³-hybridized carbons (Fsp3) is 0.0909. The largest absolute Gasteiger partial charge is 0.507 e. The zero-order valence-electron chi connectivity index (χ0n) is 9.90. The monoisotopic (exact) mass is 295 g/mol. The molecule has 0 spiro atoms. The molecule has 0 aliphatic heterocycles. The zero-order chi connectivity index (χ0) is 14.7. The van der Waals surface area contributed by atoms with Crippen LogP contribution in [0.4, 0.5) is 0 Å². The fourth-order valence-corrected chi connectivity index (χ4v) is 1.95. The lowest BCUT2D eigenvalue weighted by Gasteiger charge is -2.02. The highest BCUT2D eigenvalue weighted by molar-refractivity contribution is 7.99. The Balaban J connectivity index is 2.29. The Morgan fingerprint density at radius 3 is 2.65 bits per heavy atom. The number of thioether (sulfide) groups is 1. The fourth-order valence-electron chi connectivity index (χ4n) is 1.42. The van der Waals surface area contributed by atoms with Crippen molar-refractivity contribution < 1.29 is 24.9 Å². The van der Waals surface area contributed by atoms with Gasteiger partial charge < -0.3 is 20.3 Å². The van der Waals surface area contributed by atoms with E-state index in [-0.39, 0.29) is 33.6 Å². The number of hydrogen-bond acceptors (Lipinski definition) is 6. The van der Waals surface area contributed by atoms with Crippen molar-refractivity contribution in [2.75, 3.05) is 5.75 Å². The predicted octanol–water partition coefficient (Wildman–Crippen LogP) is 1.05. The molecule has 1 heterocycles. The molecule has 8 nitrogen and oxygen atoms in total. The first kappa shape index (κ1) is 13.9. The van der Waals surface area contributed by atoms with Gasteiger partial charge in [0.05, 0.1) is 16.9 Å².